The van der Waals surface area contributed by atoms with Crippen LogP contribution in [0.1, 0.15) is 25.7 Å². The average Bonchev–Trinajstić information content (AvgIpc) is 2.78. The normalized spacial score (nSPS) is 17.9. The molecule has 6 heteroatoms. The fourth-order valence-electron chi connectivity index (χ4n) is 1.92. The number of rotatable bonds is 7. The van der Waals surface area contributed by atoms with Gasteiger partial charge < -0.3 is 20.4 Å². The minimum atomic E-state index is -1.10. The third kappa shape index (κ3) is 5.14. The summed E-state index contributed by atoms with van der Waals surface area (Å²) in [6, 6.07) is -0.980. The van der Waals surface area contributed by atoms with Crippen molar-refractivity contribution in [2.45, 2.75) is 31.7 Å². The molecule has 1 fully saturated rings. The van der Waals surface area contributed by atoms with E-state index in [0.717, 1.165) is 13.1 Å². The number of hydrogen-bond acceptors (Lipinski definition) is 4. The second-order valence-electron chi connectivity index (χ2n) is 4.27. The number of nitrogens with zero attached hydrogens (tertiary/aromatic N) is 1. The number of likely N-dealkylation sites (tertiary alicyclic amines) is 1. The van der Waals surface area contributed by atoms with E-state index in [9.17, 15) is 9.59 Å². The van der Waals surface area contributed by atoms with E-state index in [1.807, 2.05) is 0 Å². The van der Waals surface area contributed by atoms with Crippen LogP contribution >= 0.6 is 0 Å². The highest BCUT2D eigenvalue weighted by molar-refractivity contribution is 5.83. The Kier molecular flexibility index (Phi) is 5.93. The van der Waals surface area contributed by atoms with Gasteiger partial charge in [0.05, 0.1) is 0 Å². The maximum Gasteiger partial charge on any atom is 0.326 e. The van der Waals surface area contributed by atoms with E-state index >= 15 is 0 Å². The number of amides is 1. The van der Waals surface area contributed by atoms with Crippen LogP contribution in [0.15, 0.2) is 0 Å². The molecule has 98 valence electrons. The molecule has 0 aromatic heterocycles. The summed E-state index contributed by atoms with van der Waals surface area (Å²) in [5, 5.41) is 19.9. The first-order valence-electron chi connectivity index (χ1n) is 5.99. The molecule has 0 spiro atoms. The summed E-state index contributed by atoms with van der Waals surface area (Å²) < 4.78 is 0. The van der Waals surface area contributed by atoms with Crippen molar-refractivity contribution < 1.29 is 19.8 Å². The number of aliphatic hydroxyl groups is 1. The molecule has 0 aromatic carbocycles. The van der Waals surface area contributed by atoms with Crippen LogP contribution in [-0.4, -0.2) is 59.3 Å². The monoisotopic (exact) mass is 244 g/mol. The lowest BCUT2D eigenvalue weighted by Crippen LogP contribution is -2.42. The third-order valence-electron chi connectivity index (χ3n) is 2.90. The van der Waals surface area contributed by atoms with Crippen molar-refractivity contribution in [1.29, 1.82) is 0 Å². The third-order valence-corrected chi connectivity index (χ3v) is 2.90. The maximum atomic E-state index is 11.5. The summed E-state index contributed by atoms with van der Waals surface area (Å²) in [7, 11) is 0. The van der Waals surface area contributed by atoms with E-state index in [-0.39, 0.29) is 18.9 Å². The highest BCUT2D eigenvalue weighted by Crippen LogP contribution is 2.07. The summed E-state index contributed by atoms with van der Waals surface area (Å²) in [5.41, 5.74) is 0. The minimum absolute atomic E-state index is 0.0464. The Morgan fingerprint density at radius 3 is 2.47 bits per heavy atom. The van der Waals surface area contributed by atoms with Crippen molar-refractivity contribution in [2.75, 3.05) is 26.2 Å². The number of nitrogens with one attached hydrogen (secondary N) is 1. The van der Waals surface area contributed by atoms with Crippen LogP contribution in [0.4, 0.5) is 0 Å². The summed E-state index contributed by atoms with van der Waals surface area (Å²) in [5.74, 6) is -1.37. The Hall–Kier alpha value is -1.14. The first-order valence-corrected chi connectivity index (χ1v) is 5.99. The Balaban J connectivity index is 2.23. The van der Waals surface area contributed by atoms with Gasteiger partial charge in [-0.3, -0.25) is 4.79 Å². The molecule has 1 heterocycles. The molecule has 1 aliphatic rings. The summed E-state index contributed by atoms with van der Waals surface area (Å²) in [4.78, 5) is 24.5. The van der Waals surface area contributed by atoms with Gasteiger partial charge in [-0.1, -0.05) is 0 Å². The van der Waals surface area contributed by atoms with Gasteiger partial charge in [-0.25, -0.2) is 4.79 Å². The molecule has 0 radical (unpaired) electrons. The molecule has 3 N–H and O–H groups in total. The number of aliphatic hydroxyl groups excluding tert-OH is 1. The van der Waals surface area contributed by atoms with Crippen LogP contribution < -0.4 is 5.32 Å². The van der Waals surface area contributed by atoms with E-state index in [1.54, 1.807) is 0 Å². The maximum absolute atomic E-state index is 11.5. The molecule has 17 heavy (non-hydrogen) atoms. The number of hydrogen-bond donors (Lipinski definition) is 3. The van der Waals surface area contributed by atoms with E-state index in [0.29, 0.717) is 13.0 Å². The van der Waals surface area contributed by atoms with Crippen molar-refractivity contribution in [3.05, 3.63) is 0 Å². The van der Waals surface area contributed by atoms with Crippen LogP contribution in [0.2, 0.25) is 0 Å². The Morgan fingerprint density at radius 2 is 1.94 bits per heavy atom. The largest absolute Gasteiger partial charge is 0.480 e. The predicted octanol–water partition coefficient (Wildman–Crippen LogP) is -0.576. The Morgan fingerprint density at radius 1 is 1.29 bits per heavy atom. The molecular weight excluding hydrogens is 224 g/mol. The number of carbonyl (C=O) groups excluding carboxylic acids is 1. The van der Waals surface area contributed by atoms with E-state index in [1.165, 1.54) is 12.8 Å². The molecule has 0 aliphatic carbocycles. The highest BCUT2D eigenvalue weighted by Gasteiger charge is 2.20. The van der Waals surface area contributed by atoms with Crippen LogP contribution in [-0.2, 0) is 9.59 Å². The van der Waals surface area contributed by atoms with Gasteiger partial charge in [0.1, 0.15) is 6.04 Å². The molecule has 0 saturated carbocycles. The average molecular weight is 244 g/mol. The van der Waals surface area contributed by atoms with Crippen LogP contribution in [0.5, 0.6) is 0 Å². The first-order chi connectivity index (χ1) is 8.13. The van der Waals surface area contributed by atoms with Crippen LogP contribution in [0, 0.1) is 0 Å². The molecule has 0 aromatic rings. The van der Waals surface area contributed by atoms with E-state index in [2.05, 4.69) is 10.2 Å². The SMILES string of the molecule is O=C(CCN1CCCC1)N[C@H](CCO)C(=O)O. The molecule has 1 atom stereocenters. The van der Waals surface area contributed by atoms with Gasteiger partial charge >= 0.3 is 5.97 Å². The van der Waals surface area contributed by atoms with Crippen molar-refractivity contribution in [3.63, 3.8) is 0 Å². The summed E-state index contributed by atoms with van der Waals surface area (Å²) in [6.07, 6.45) is 2.70. The van der Waals surface area contributed by atoms with Gasteiger partial charge in [0.15, 0.2) is 0 Å². The van der Waals surface area contributed by atoms with Crippen LogP contribution in [0.25, 0.3) is 0 Å². The molecule has 0 bridgehead atoms. The lowest BCUT2D eigenvalue weighted by atomic mass is 10.2. The Labute approximate surface area is 101 Å². The fraction of sp³-hybridized carbons (Fsp3) is 0.818. The second-order valence-corrected chi connectivity index (χ2v) is 4.27. The van der Waals surface area contributed by atoms with Gasteiger partial charge in [0.25, 0.3) is 0 Å². The zero-order valence-corrected chi connectivity index (χ0v) is 9.89. The standard InChI is InChI=1S/C11H20N2O4/c14-8-4-9(11(16)17)12-10(15)3-7-13-5-1-2-6-13/h9,14H,1-8H2,(H,12,15)(H,16,17)/t9-/m1/s1. The van der Waals surface area contributed by atoms with Gasteiger partial charge in [-0.05, 0) is 25.9 Å². The topological polar surface area (TPSA) is 89.9 Å². The molecule has 0 unspecified atom stereocenters. The Bertz CT molecular complexity index is 264. The van der Waals surface area contributed by atoms with E-state index < -0.39 is 12.0 Å². The van der Waals surface area contributed by atoms with Gasteiger partial charge in [-0.2, -0.15) is 0 Å². The fourth-order valence-corrected chi connectivity index (χ4v) is 1.92. The highest BCUT2D eigenvalue weighted by atomic mass is 16.4. The molecule has 6 nitrogen and oxygen atoms in total. The number of carboxylic acids is 1. The van der Waals surface area contributed by atoms with Crippen molar-refractivity contribution in [1.82, 2.24) is 10.2 Å². The quantitative estimate of drug-likeness (QED) is 0.557. The van der Waals surface area contributed by atoms with Crippen LogP contribution in [0.3, 0.4) is 0 Å². The molecule has 1 aliphatic heterocycles. The molecule has 1 amide bonds. The predicted molar refractivity (Wildman–Crippen MR) is 61.6 cm³/mol. The number of aliphatic carboxylic acids is 1. The molecule has 1 rings (SSSR count). The second kappa shape index (κ2) is 7.24. The summed E-state index contributed by atoms with van der Waals surface area (Å²) >= 11 is 0. The zero-order chi connectivity index (χ0) is 12.7. The molecular formula is C11H20N2O4. The van der Waals surface area contributed by atoms with Gasteiger partial charge in [0, 0.05) is 26.0 Å². The molecule has 1 saturated heterocycles. The van der Waals surface area contributed by atoms with Crippen molar-refractivity contribution >= 4 is 11.9 Å². The minimum Gasteiger partial charge on any atom is -0.480 e. The van der Waals surface area contributed by atoms with Gasteiger partial charge in [-0.15, -0.1) is 0 Å². The zero-order valence-electron chi connectivity index (χ0n) is 9.89. The number of carboxylic acid groups (broad SMARTS) is 1. The number of carbonyl (C=O) groups is 2. The lowest BCUT2D eigenvalue weighted by Gasteiger charge is -2.16. The van der Waals surface area contributed by atoms with Gasteiger partial charge in [0.2, 0.25) is 5.91 Å². The smallest absolute Gasteiger partial charge is 0.326 e. The summed E-state index contributed by atoms with van der Waals surface area (Å²) in [6.45, 7) is 2.47. The lowest BCUT2D eigenvalue weighted by molar-refractivity contribution is -0.142. The van der Waals surface area contributed by atoms with Crippen molar-refractivity contribution in [2.24, 2.45) is 0 Å². The van der Waals surface area contributed by atoms with Crippen molar-refractivity contribution in [3.8, 4) is 0 Å². The van der Waals surface area contributed by atoms with E-state index in [4.69, 9.17) is 10.2 Å². The first kappa shape index (κ1) is 13.9.